The van der Waals surface area contributed by atoms with Crippen LogP contribution in [0.15, 0.2) is 22.7 Å². The zero-order valence-corrected chi connectivity index (χ0v) is 20.8. The summed E-state index contributed by atoms with van der Waals surface area (Å²) in [6, 6.07) is 4.02. The van der Waals surface area contributed by atoms with Crippen LogP contribution in [0.5, 0.6) is 0 Å². The number of rotatable bonds is 8. The quantitative estimate of drug-likeness (QED) is 0.335. The van der Waals surface area contributed by atoms with E-state index in [0.717, 1.165) is 16.3 Å². The third-order valence-electron chi connectivity index (χ3n) is 4.47. The fourth-order valence-electron chi connectivity index (χ4n) is 2.97. The molecule has 3 heterocycles. The number of anilines is 1. The summed E-state index contributed by atoms with van der Waals surface area (Å²) >= 11 is 4.40. The molecule has 166 valence electrons. The van der Waals surface area contributed by atoms with Crippen LogP contribution in [-0.4, -0.2) is 39.5 Å². The lowest BCUT2D eigenvalue weighted by atomic mass is 10.1. The average molecular weight is 479 g/mol. The van der Waals surface area contributed by atoms with Gasteiger partial charge in [-0.05, 0) is 38.8 Å². The van der Waals surface area contributed by atoms with Crippen molar-refractivity contribution in [3.05, 3.63) is 32.8 Å². The van der Waals surface area contributed by atoms with Crippen molar-refractivity contribution in [3.63, 3.8) is 0 Å². The van der Waals surface area contributed by atoms with E-state index in [0.29, 0.717) is 21.6 Å². The monoisotopic (exact) mass is 478 g/mol. The Labute approximate surface area is 194 Å². The number of hydrogen-bond donors (Lipinski definition) is 1. The number of carbonyl (C=O) groups is 2. The number of nitrogens with zero attached hydrogens (tertiary/aromatic N) is 3. The van der Waals surface area contributed by atoms with Crippen LogP contribution < -0.4 is 5.32 Å². The van der Waals surface area contributed by atoms with Crippen molar-refractivity contribution in [1.29, 1.82) is 0 Å². The first-order valence-electron chi connectivity index (χ1n) is 9.86. The van der Waals surface area contributed by atoms with E-state index in [1.807, 2.05) is 6.92 Å². The average Bonchev–Trinajstić information content (AvgIpc) is 3.43. The van der Waals surface area contributed by atoms with Gasteiger partial charge in [-0.2, -0.15) is 0 Å². The predicted molar refractivity (Wildman–Crippen MR) is 128 cm³/mol. The molecule has 0 unspecified atom stereocenters. The first-order valence-corrected chi connectivity index (χ1v) is 12.5. The third kappa shape index (κ3) is 5.36. The van der Waals surface area contributed by atoms with Gasteiger partial charge in [-0.3, -0.25) is 9.36 Å². The number of methoxy groups -OCH3 is 1. The maximum Gasteiger partial charge on any atom is 0.340 e. The molecule has 0 fully saturated rings. The number of ether oxygens (including phenoxy) is 1. The number of aryl methyl sites for hydroxylation is 1. The van der Waals surface area contributed by atoms with Crippen molar-refractivity contribution in [1.82, 2.24) is 14.8 Å². The molecule has 0 aliphatic heterocycles. The van der Waals surface area contributed by atoms with E-state index in [4.69, 9.17) is 4.74 Å². The summed E-state index contributed by atoms with van der Waals surface area (Å²) < 4.78 is 6.85. The zero-order chi connectivity index (χ0) is 22.7. The van der Waals surface area contributed by atoms with Gasteiger partial charge in [-0.25, -0.2) is 4.79 Å². The van der Waals surface area contributed by atoms with Crippen LogP contribution >= 0.6 is 34.4 Å². The van der Waals surface area contributed by atoms with Crippen LogP contribution in [0.25, 0.3) is 11.4 Å². The van der Waals surface area contributed by atoms with Gasteiger partial charge in [0.25, 0.3) is 0 Å². The Bertz CT molecular complexity index is 1080. The van der Waals surface area contributed by atoms with E-state index in [-0.39, 0.29) is 17.7 Å². The molecule has 0 saturated heterocycles. The molecule has 3 aromatic rings. The highest BCUT2D eigenvalue weighted by molar-refractivity contribution is 7.99. The van der Waals surface area contributed by atoms with Crippen LogP contribution in [-0.2, 0) is 9.53 Å². The second-order valence-corrected chi connectivity index (χ2v) is 10.7. The minimum Gasteiger partial charge on any atom is -0.465 e. The number of thioether (sulfide) groups is 1. The molecular weight excluding hydrogens is 452 g/mol. The fourth-order valence-corrected chi connectivity index (χ4v) is 5.66. The van der Waals surface area contributed by atoms with Gasteiger partial charge < -0.3 is 10.1 Å². The molecule has 31 heavy (non-hydrogen) atoms. The molecule has 3 rings (SSSR count). The van der Waals surface area contributed by atoms with Gasteiger partial charge >= 0.3 is 5.97 Å². The van der Waals surface area contributed by atoms with Crippen LogP contribution in [0, 0.1) is 6.92 Å². The molecular formula is C21H26N4O3S3. The van der Waals surface area contributed by atoms with Crippen LogP contribution in [0.4, 0.5) is 5.00 Å². The van der Waals surface area contributed by atoms with Crippen molar-refractivity contribution in [2.75, 3.05) is 18.2 Å². The lowest BCUT2D eigenvalue weighted by Gasteiger charge is -2.13. The number of nitrogens with one attached hydrogen (secondary N) is 1. The van der Waals surface area contributed by atoms with Gasteiger partial charge in [0, 0.05) is 26.7 Å². The summed E-state index contributed by atoms with van der Waals surface area (Å²) in [7, 11) is 1.32. The summed E-state index contributed by atoms with van der Waals surface area (Å²) in [5.41, 5.74) is 1.41. The molecule has 0 atom stereocenters. The van der Waals surface area contributed by atoms with Crippen molar-refractivity contribution >= 4 is 51.3 Å². The number of thiophene rings is 2. The Hall–Kier alpha value is -2.17. The summed E-state index contributed by atoms with van der Waals surface area (Å²) in [4.78, 5) is 26.7. The summed E-state index contributed by atoms with van der Waals surface area (Å²) in [6.07, 6.45) is 0. The lowest BCUT2D eigenvalue weighted by Crippen LogP contribution is -2.16. The molecule has 0 radical (unpaired) electrons. The third-order valence-corrected chi connectivity index (χ3v) is 7.62. The van der Waals surface area contributed by atoms with E-state index in [1.165, 1.54) is 35.1 Å². The Balaban J connectivity index is 1.74. The standard InChI is InChI=1S/C21H26N4O3S3/c1-11(2)16-8-14(9-29-16)18-23-24-21(25(18)12(3)4)30-10-17(26)22-19-15(20(27)28-6)7-13(5)31-19/h7-9,11-12H,10H2,1-6H3,(H,22,26). The van der Waals surface area contributed by atoms with Gasteiger partial charge in [-0.15, -0.1) is 32.9 Å². The highest BCUT2D eigenvalue weighted by Gasteiger charge is 2.21. The number of aromatic nitrogens is 3. The molecule has 1 amide bonds. The first-order chi connectivity index (χ1) is 14.7. The lowest BCUT2D eigenvalue weighted by molar-refractivity contribution is -0.113. The molecule has 0 aliphatic rings. The smallest absolute Gasteiger partial charge is 0.340 e. The highest BCUT2D eigenvalue weighted by atomic mass is 32.2. The van der Waals surface area contributed by atoms with E-state index in [1.54, 1.807) is 17.4 Å². The van der Waals surface area contributed by atoms with Crippen LogP contribution in [0.1, 0.15) is 59.8 Å². The SMILES string of the molecule is COC(=O)c1cc(C)sc1NC(=O)CSc1nnc(-c2csc(C(C)C)c2)n1C(C)C. The molecule has 7 nitrogen and oxygen atoms in total. The van der Waals surface area contributed by atoms with E-state index in [9.17, 15) is 9.59 Å². The maximum absolute atomic E-state index is 12.6. The molecule has 0 bridgehead atoms. The molecule has 0 saturated carbocycles. The Morgan fingerprint density at radius 1 is 1.23 bits per heavy atom. The molecule has 0 spiro atoms. The summed E-state index contributed by atoms with van der Waals surface area (Å²) in [5, 5.41) is 14.9. The zero-order valence-electron chi connectivity index (χ0n) is 18.4. The molecule has 3 aromatic heterocycles. The molecule has 0 aliphatic carbocycles. The number of amides is 1. The highest BCUT2D eigenvalue weighted by Crippen LogP contribution is 2.33. The minimum absolute atomic E-state index is 0.142. The number of esters is 1. The number of carbonyl (C=O) groups excluding carboxylic acids is 2. The van der Waals surface area contributed by atoms with E-state index >= 15 is 0 Å². The van der Waals surface area contributed by atoms with Crippen molar-refractivity contribution < 1.29 is 14.3 Å². The Morgan fingerprint density at radius 2 is 1.97 bits per heavy atom. The second-order valence-electron chi connectivity index (χ2n) is 7.59. The van der Waals surface area contributed by atoms with Crippen LogP contribution in [0.2, 0.25) is 0 Å². The Kier molecular flexibility index (Phi) is 7.55. The Morgan fingerprint density at radius 3 is 2.58 bits per heavy atom. The largest absolute Gasteiger partial charge is 0.465 e. The van der Waals surface area contributed by atoms with E-state index < -0.39 is 5.97 Å². The first kappa shape index (κ1) is 23.5. The van der Waals surface area contributed by atoms with Gasteiger partial charge in [0.1, 0.15) is 5.00 Å². The van der Waals surface area contributed by atoms with Crippen molar-refractivity contribution in [2.45, 2.75) is 51.7 Å². The van der Waals surface area contributed by atoms with E-state index in [2.05, 4.69) is 59.2 Å². The summed E-state index contributed by atoms with van der Waals surface area (Å²) in [5.74, 6) is 0.747. The van der Waals surface area contributed by atoms with Crippen molar-refractivity contribution in [3.8, 4) is 11.4 Å². The van der Waals surface area contributed by atoms with Crippen molar-refractivity contribution in [2.24, 2.45) is 0 Å². The molecule has 1 N–H and O–H groups in total. The maximum atomic E-state index is 12.6. The second kappa shape index (κ2) is 9.97. The minimum atomic E-state index is -0.465. The fraction of sp³-hybridized carbons (Fsp3) is 0.429. The van der Waals surface area contributed by atoms with Crippen LogP contribution in [0.3, 0.4) is 0 Å². The van der Waals surface area contributed by atoms with Gasteiger partial charge in [0.2, 0.25) is 5.91 Å². The number of hydrogen-bond acceptors (Lipinski definition) is 8. The molecule has 0 aromatic carbocycles. The predicted octanol–water partition coefficient (Wildman–Crippen LogP) is 5.60. The van der Waals surface area contributed by atoms with Gasteiger partial charge in [0.15, 0.2) is 11.0 Å². The topological polar surface area (TPSA) is 86.1 Å². The van der Waals surface area contributed by atoms with Gasteiger partial charge in [0.05, 0.1) is 18.4 Å². The molecule has 10 heteroatoms. The summed E-state index contributed by atoms with van der Waals surface area (Å²) in [6.45, 7) is 10.4. The normalized spacial score (nSPS) is 11.4. The van der Waals surface area contributed by atoms with Gasteiger partial charge in [-0.1, -0.05) is 25.6 Å².